The van der Waals surface area contributed by atoms with Crippen LogP contribution in [0.2, 0.25) is 0 Å². The number of aryl methyl sites for hydroxylation is 1. The third kappa shape index (κ3) is 5.27. The van der Waals surface area contributed by atoms with Crippen molar-refractivity contribution in [1.82, 2.24) is 4.98 Å². The molecular formula is C24H23N3O4S2. The van der Waals surface area contributed by atoms with Gasteiger partial charge in [-0.25, -0.2) is 13.4 Å². The summed E-state index contributed by atoms with van der Waals surface area (Å²) in [7, 11) is -2.51. The summed E-state index contributed by atoms with van der Waals surface area (Å²) in [5.41, 5.74) is 3.01. The number of hydrogen-bond donors (Lipinski definition) is 3. The molecule has 0 atom stereocenters. The lowest BCUT2D eigenvalue weighted by atomic mass is 10.1. The van der Waals surface area contributed by atoms with Crippen molar-refractivity contribution in [1.29, 1.82) is 0 Å². The first-order chi connectivity index (χ1) is 15.9. The maximum absolute atomic E-state index is 13.1. The number of benzene rings is 3. The van der Waals surface area contributed by atoms with Crippen molar-refractivity contribution in [2.45, 2.75) is 18.4 Å². The van der Waals surface area contributed by atoms with E-state index in [-0.39, 0.29) is 16.4 Å². The summed E-state index contributed by atoms with van der Waals surface area (Å²) in [6.07, 6.45) is 0. The Balaban J connectivity index is 1.62. The number of thiazole rings is 1. The third-order valence-corrected chi connectivity index (χ3v) is 7.48. The van der Waals surface area contributed by atoms with Crippen LogP contribution in [0.5, 0.6) is 11.5 Å². The Hall–Kier alpha value is -3.56. The van der Waals surface area contributed by atoms with Gasteiger partial charge >= 0.3 is 0 Å². The lowest BCUT2D eigenvalue weighted by Gasteiger charge is -2.13. The Labute approximate surface area is 196 Å². The maximum Gasteiger partial charge on any atom is 0.265 e. The summed E-state index contributed by atoms with van der Waals surface area (Å²) in [5, 5.41) is 13.5. The fourth-order valence-corrected chi connectivity index (χ4v) is 5.49. The van der Waals surface area contributed by atoms with Crippen LogP contribution in [-0.2, 0) is 16.6 Å². The first-order valence-corrected chi connectivity index (χ1v) is 12.4. The number of anilines is 2. The van der Waals surface area contributed by atoms with Crippen molar-refractivity contribution in [2.75, 3.05) is 17.1 Å². The van der Waals surface area contributed by atoms with Crippen molar-refractivity contribution in [3.8, 4) is 21.9 Å². The van der Waals surface area contributed by atoms with Gasteiger partial charge in [0.25, 0.3) is 10.0 Å². The molecule has 0 aliphatic rings. The van der Waals surface area contributed by atoms with Gasteiger partial charge in [-0.1, -0.05) is 41.7 Å². The monoisotopic (exact) mass is 481 g/mol. The van der Waals surface area contributed by atoms with Crippen LogP contribution in [0.3, 0.4) is 0 Å². The third-order valence-electron chi connectivity index (χ3n) is 4.92. The van der Waals surface area contributed by atoms with Crippen LogP contribution < -0.4 is 14.8 Å². The molecule has 4 rings (SSSR count). The number of methoxy groups -OCH3 is 1. The quantitative estimate of drug-likeness (QED) is 0.297. The van der Waals surface area contributed by atoms with E-state index in [9.17, 15) is 13.5 Å². The predicted octanol–water partition coefficient (Wildman–Crippen LogP) is 5.25. The number of sulfonamides is 1. The maximum atomic E-state index is 13.1. The van der Waals surface area contributed by atoms with E-state index in [1.807, 2.05) is 43.3 Å². The number of rotatable bonds is 8. The van der Waals surface area contributed by atoms with E-state index >= 15 is 0 Å². The first-order valence-electron chi connectivity index (χ1n) is 10.1. The number of phenolic OH excluding ortho intramolecular Hbond substituents is 1. The van der Waals surface area contributed by atoms with E-state index in [0.717, 1.165) is 26.8 Å². The van der Waals surface area contributed by atoms with Gasteiger partial charge in [0.1, 0.15) is 16.4 Å². The number of aromatic hydroxyl groups is 1. The largest absolute Gasteiger partial charge is 0.508 e. The van der Waals surface area contributed by atoms with Crippen molar-refractivity contribution >= 4 is 32.2 Å². The van der Waals surface area contributed by atoms with Crippen LogP contribution >= 0.6 is 11.3 Å². The standard InChI is InChI=1S/C24H23N3O4S2/c1-16-23(32-24(26-16)25-15-17-6-4-3-5-7-17)18-8-13-21(31-2)22(14-18)33(29,30)27-19-9-11-20(28)12-10-19/h3-14,27-28H,15H2,1-2H3,(H,25,26). The number of ether oxygens (including phenoxy) is 1. The minimum atomic E-state index is -3.94. The zero-order valence-electron chi connectivity index (χ0n) is 18.1. The molecule has 1 heterocycles. The van der Waals surface area contributed by atoms with Crippen LogP contribution in [0, 0.1) is 6.92 Å². The van der Waals surface area contributed by atoms with Gasteiger partial charge < -0.3 is 15.2 Å². The fourth-order valence-electron chi connectivity index (χ4n) is 3.28. The fraction of sp³-hybridized carbons (Fsp3) is 0.125. The molecular weight excluding hydrogens is 458 g/mol. The molecule has 0 unspecified atom stereocenters. The van der Waals surface area contributed by atoms with Crippen molar-refractivity contribution < 1.29 is 18.3 Å². The molecule has 7 nitrogen and oxygen atoms in total. The van der Waals surface area contributed by atoms with Gasteiger partial charge in [-0.15, -0.1) is 0 Å². The Morgan fingerprint density at radius 3 is 2.45 bits per heavy atom. The molecule has 0 saturated heterocycles. The molecule has 170 valence electrons. The molecule has 0 saturated carbocycles. The molecule has 0 radical (unpaired) electrons. The van der Waals surface area contributed by atoms with Crippen LogP contribution in [0.25, 0.3) is 10.4 Å². The topological polar surface area (TPSA) is 101 Å². The van der Waals surface area contributed by atoms with Crippen LogP contribution in [-0.4, -0.2) is 25.6 Å². The van der Waals surface area contributed by atoms with E-state index in [1.165, 1.54) is 42.7 Å². The van der Waals surface area contributed by atoms with E-state index in [4.69, 9.17) is 4.74 Å². The van der Waals surface area contributed by atoms with Gasteiger partial charge in [-0.3, -0.25) is 4.72 Å². The van der Waals surface area contributed by atoms with Gasteiger partial charge in [0.05, 0.1) is 17.7 Å². The lowest BCUT2D eigenvalue weighted by molar-refractivity contribution is 0.403. The van der Waals surface area contributed by atoms with Crippen molar-refractivity contribution in [3.05, 3.63) is 84.1 Å². The summed E-state index contributed by atoms with van der Waals surface area (Å²) in [6, 6.07) is 20.9. The molecule has 0 amide bonds. The highest BCUT2D eigenvalue weighted by Gasteiger charge is 2.22. The van der Waals surface area contributed by atoms with Gasteiger partial charge in [0, 0.05) is 12.2 Å². The molecule has 4 aromatic rings. The number of nitrogens with one attached hydrogen (secondary N) is 2. The molecule has 0 bridgehead atoms. The Bertz CT molecular complexity index is 1350. The summed E-state index contributed by atoms with van der Waals surface area (Å²) in [4.78, 5) is 5.49. The summed E-state index contributed by atoms with van der Waals surface area (Å²) in [6.45, 7) is 2.54. The Kier molecular flexibility index (Phi) is 6.52. The van der Waals surface area contributed by atoms with Gasteiger partial charge in [-0.05, 0) is 60.5 Å². The minimum Gasteiger partial charge on any atom is -0.508 e. The van der Waals surface area contributed by atoms with Gasteiger partial charge in [0.2, 0.25) is 0 Å². The zero-order valence-corrected chi connectivity index (χ0v) is 19.7. The molecule has 0 aliphatic carbocycles. The zero-order chi connectivity index (χ0) is 23.4. The van der Waals surface area contributed by atoms with Crippen molar-refractivity contribution in [3.63, 3.8) is 0 Å². The number of phenols is 1. The smallest absolute Gasteiger partial charge is 0.265 e. The van der Waals surface area contributed by atoms with E-state index in [1.54, 1.807) is 12.1 Å². The molecule has 33 heavy (non-hydrogen) atoms. The average Bonchev–Trinajstić information content (AvgIpc) is 3.20. The van der Waals surface area contributed by atoms with Crippen LogP contribution in [0.4, 0.5) is 10.8 Å². The van der Waals surface area contributed by atoms with Gasteiger partial charge in [0.15, 0.2) is 5.13 Å². The molecule has 1 aromatic heterocycles. The number of nitrogens with zero attached hydrogens (tertiary/aromatic N) is 1. The molecule has 3 aromatic carbocycles. The minimum absolute atomic E-state index is 0.0159. The summed E-state index contributed by atoms with van der Waals surface area (Å²) >= 11 is 1.46. The number of hydrogen-bond acceptors (Lipinski definition) is 7. The summed E-state index contributed by atoms with van der Waals surface area (Å²) in [5.74, 6) is 0.282. The summed E-state index contributed by atoms with van der Waals surface area (Å²) < 4.78 is 34.1. The van der Waals surface area contributed by atoms with Crippen molar-refractivity contribution in [2.24, 2.45) is 0 Å². The second-order valence-electron chi connectivity index (χ2n) is 7.29. The van der Waals surface area contributed by atoms with Crippen LogP contribution in [0.15, 0.2) is 77.7 Å². The molecule has 3 N–H and O–H groups in total. The average molecular weight is 482 g/mol. The lowest BCUT2D eigenvalue weighted by Crippen LogP contribution is -2.14. The molecule has 0 spiro atoms. The Morgan fingerprint density at radius 2 is 1.76 bits per heavy atom. The van der Waals surface area contributed by atoms with Gasteiger partial charge in [-0.2, -0.15) is 0 Å². The normalized spacial score (nSPS) is 11.2. The molecule has 9 heteroatoms. The van der Waals surface area contributed by atoms with E-state index < -0.39 is 10.0 Å². The SMILES string of the molecule is COc1ccc(-c2sc(NCc3ccccc3)nc2C)cc1S(=O)(=O)Nc1ccc(O)cc1. The Morgan fingerprint density at radius 1 is 1.03 bits per heavy atom. The molecule has 0 aliphatic heterocycles. The second-order valence-corrected chi connectivity index (χ2v) is 9.94. The van der Waals surface area contributed by atoms with Crippen LogP contribution in [0.1, 0.15) is 11.3 Å². The highest BCUT2D eigenvalue weighted by atomic mass is 32.2. The first kappa shape index (κ1) is 22.6. The van der Waals surface area contributed by atoms with E-state index in [2.05, 4.69) is 15.0 Å². The molecule has 0 fully saturated rings. The number of aromatic nitrogens is 1. The second kappa shape index (κ2) is 9.51. The highest BCUT2D eigenvalue weighted by Crippen LogP contribution is 2.37. The highest BCUT2D eigenvalue weighted by molar-refractivity contribution is 7.92. The predicted molar refractivity (Wildman–Crippen MR) is 132 cm³/mol. The van der Waals surface area contributed by atoms with E-state index in [0.29, 0.717) is 12.2 Å².